The number of anilines is 1. The van der Waals surface area contributed by atoms with E-state index in [-0.39, 0.29) is 11.4 Å². The Morgan fingerprint density at radius 3 is 2.23 bits per heavy atom. The lowest BCUT2D eigenvalue weighted by Crippen LogP contribution is -2.02. The third-order valence-electron chi connectivity index (χ3n) is 5.88. The van der Waals surface area contributed by atoms with E-state index in [2.05, 4.69) is 10.5 Å². The minimum atomic E-state index is -0.691. The van der Waals surface area contributed by atoms with E-state index >= 15 is 0 Å². The molecule has 0 atom stereocenters. The molecule has 3 aromatic carbocycles. The van der Waals surface area contributed by atoms with E-state index in [9.17, 15) is 20.2 Å². The summed E-state index contributed by atoms with van der Waals surface area (Å²) in [6.45, 7) is 3.61. The first kappa shape index (κ1) is 25.4. The Bertz CT molecular complexity index is 1710. The highest BCUT2D eigenvalue weighted by molar-refractivity contribution is 7.16. The summed E-state index contributed by atoms with van der Waals surface area (Å²) in [6, 6.07) is 25.2. The van der Waals surface area contributed by atoms with Gasteiger partial charge >= 0.3 is 5.69 Å². The maximum Gasteiger partial charge on any atom is 0.301 e. The van der Waals surface area contributed by atoms with Crippen LogP contribution in [0, 0.1) is 27.2 Å². The number of aryl methyl sites for hydroxylation is 1. The number of hydrogen-bond acceptors (Lipinski definition) is 9. The largest absolute Gasteiger partial charge is 0.301 e. The number of nitrogens with one attached hydrogen (secondary N) is 1. The fraction of sp³-hybridized carbons (Fsp3) is 0.0741. The highest BCUT2D eigenvalue weighted by atomic mass is 32.1. The molecule has 0 fully saturated rings. The average molecular weight is 540 g/mol. The van der Waals surface area contributed by atoms with E-state index in [4.69, 9.17) is 10.1 Å². The first-order chi connectivity index (χ1) is 18.8. The third-order valence-corrected chi connectivity index (χ3v) is 7.12. The van der Waals surface area contributed by atoms with Gasteiger partial charge in [-0.15, -0.1) is 0 Å². The van der Waals surface area contributed by atoms with Gasteiger partial charge in [-0.25, -0.2) is 9.67 Å². The van der Waals surface area contributed by atoms with Crippen molar-refractivity contribution < 1.29 is 9.85 Å². The third kappa shape index (κ3) is 5.26. The first-order valence-corrected chi connectivity index (χ1v) is 12.6. The lowest BCUT2D eigenvalue weighted by molar-refractivity contribution is -0.393. The summed E-state index contributed by atoms with van der Waals surface area (Å²) in [7, 11) is 0. The van der Waals surface area contributed by atoms with Crippen LogP contribution in [0.4, 0.5) is 17.1 Å². The topological polar surface area (TPSA) is 141 Å². The van der Waals surface area contributed by atoms with Crippen molar-refractivity contribution in [1.29, 1.82) is 0 Å². The Balaban J connectivity index is 1.51. The molecule has 5 aromatic rings. The molecular formula is C27H21N7O4S. The minimum absolute atomic E-state index is 0.0401. The Morgan fingerprint density at radius 1 is 0.923 bits per heavy atom. The van der Waals surface area contributed by atoms with Crippen LogP contribution in [0.15, 0.2) is 90.0 Å². The van der Waals surface area contributed by atoms with Crippen molar-refractivity contribution >= 4 is 34.1 Å². The van der Waals surface area contributed by atoms with Crippen molar-refractivity contribution in [3.63, 3.8) is 0 Å². The molecule has 2 heterocycles. The van der Waals surface area contributed by atoms with Gasteiger partial charge < -0.3 is 0 Å². The smallest absolute Gasteiger partial charge is 0.271 e. The van der Waals surface area contributed by atoms with Crippen molar-refractivity contribution in [1.82, 2.24) is 14.8 Å². The Hall–Kier alpha value is -5.23. The van der Waals surface area contributed by atoms with E-state index in [1.807, 2.05) is 73.7 Å². The predicted molar refractivity (Wildman–Crippen MR) is 150 cm³/mol. The number of nitro groups is 2. The second-order valence-corrected chi connectivity index (χ2v) is 9.47. The molecule has 0 spiro atoms. The molecule has 0 saturated carbocycles. The van der Waals surface area contributed by atoms with E-state index < -0.39 is 15.5 Å². The molecule has 0 radical (unpaired) electrons. The van der Waals surface area contributed by atoms with E-state index in [1.54, 1.807) is 11.6 Å². The first-order valence-electron chi connectivity index (χ1n) is 11.7. The zero-order chi connectivity index (χ0) is 27.5. The summed E-state index contributed by atoms with van der Waals surface area (Å²) in [5, 5.41) is 32.3. The zero-order valence-corrected chi connectivity index (χ0v) is 21.6. The zero-order valence-electron chi connectivity index (χ0n) is 20.8. The average Bonchev–Trinajstić information content (AvgIpc) is 3.56. The molecular weight excluding hydrogens is 518 g/mol. The van der Waals surface area contributed by atoms with Gasteiger partial charge in [-0.2, -0.15) is 10.2 Å². The predicted octanol–water partition coefficient (Wildman–Crippen LogP) is 6.62. The van der Waals surface area contributed by atoms with Crippen molar-refractivity contribution in [3.8, 4) is 27.6 Å². The van der Waals surface area contributed by atoms with Gasteiger partial charge in [0.1, 0.15) is 5.69 Å². The molecule has 0 aliphatic rings. The number of thiazole rings is 1. The van der Waals surface area contributed by atoms with Crippen molar-refractivity contribution in [3.05, 3.63) is 116 Å². The van der Waals surface area contributed by atoms with Crippen LogP contribution in [0.3, 0.4) is 0 Å². The Labute approximate surface area is 226 Å². The standard InChI is InChI=1S/C27H21N7O4S/c1-17-26(18(2)29-30-22-14-13-21(33(35)36)15-25(22)34(37)38)39-27(28-17)32-24(20-11-7-4-8-12-20)16-23(31-32)19-9-5-3-6-10-19/h3-16,30H,1-2H3/b29-18-. The molecule has 0 aliphatic heterocycles. The van der Waals surface area contributed by atoms with Gasteiger partial charge in [0, 0.05) is 17.2 Å². The molecule has 12 heteroatoms. The van der Waals surface area contributed by atoms with Gasteiger partial charge in [0.2, 0.25) is 5.13 Å². The van der Waals surface area contributed by atoms with Crippen LogP contribution in [0.2, 0.25) is 0 Å². The van der Waals surface area contributed by atoms with E-state index in [0.717, 1.165) is 33.5 Å². The molecule has 194 valence electrons. The molecule has 2 aromatic heterocycles. The maximum absolute atomic E-state index is 11.5. The van der Waals surface area contributed by atoms with Crippen LogP contribution >= 0.6 is 11.3 Å². The summed E-state index contributed by atoms with van der Waals surface area (Å²) in [4.78, 5) is 26.6. The van der Waals surface area contributed by atoms with Crippen molar-refractivity contribution in [2.45, 2.75) is 13.8 Å². The fourth-order valence-corrected chi connectivity index (χ4v) is 4.95. The molecule has 1 N–H and O–H groups in total. The van der Waals surface area contributed by atoms with Crippen LogP contribution in [0.5, 0.6) is 0 Å². The quantitative estimate of drug-likeness (QED) is 0.133. The minimum Gasteiger partial charge on any atom is -0.271 e. The molecule has 11 nitrogen and oxygen atoms in total. The van der Waals surface area contributed by atoms with Crippen molar-refractivity contribution in [2.24, 2.45) is 5.10 Å². The van der Waals surface area contributed by atoms with E-state index in [0.29, 0.717) is 16.5 Å². The molecule has 0 saturated heterocycles. The maximum atomic E-state index is 11.5. The number of hydrogen-bond donors (Lipinski definition) is 1. The molecule has 0 amide bonds. The van der Waals surface area contributed by atoms with Crippen LogP contribution in [-0.4, -0.2) is 30.3 Å². The summed E-state index contributed by atoms with van der Waals surface area (Å²) in [5.41, 5.74) is 6.81. The number of nitrogens with zero attached hydrogens (tertiary/aromatic N) is 6. The van der Waals surface area contributed by atoms with Crippen LogP contribution in [-0.2, 0) is 0 Å². The number of non-ortho nitro benzene ring substituents is 1. The van der Waals surface area contributed by atoms with Crippen LogP contribution < -0.4 is 5.43 Å². The number of aromatic nitrogens is 3. The number of nitro benzene ring substituents is 2. The lowest BCUT2D eigenvalue weighted by atomic mass is 10.1. The number of hydrazone groups is 1. The fourth-order valence-electron chi connectivity index (χ4n) is 3.97. The molecule has 0 aliphatic carbocycles. The van der Waals surface area contributed by atoms with Crippen LogP contribution in [0.1, 0.15) is 17.5 Å². The van der Waals surface area contributed by atoms with Gasteiger partial charge in [-0.3, -0.25) is 25.7 Å². The van der Waals surface area contributed by atoms with Gasteiger partial charge in [0.25, 0.3) is 5.69 Å². The highest BCUT2D eigenvalue weighted by Gasteiger charge is 2.21. The van der Waals surface area contributed by atoms with Crippen molar-refractivity contribution in [2.75, 3.05) is 5.43 Å². The van der Waals surface area contributed by atoms with Gasteiger partial charge in [-0.05, 0) is 26.0 Å². The summed E-state index contributed by atoms with van der Waals surface area (Å²) in [5.74, 6) is 0. The summed E-state index contributed by atoms with van der Waals surface area (Å²) < 4.78 is 1.81. The molecule has 5 rings (SSSR count). The van der Waals surface area contributed by atoms with Crippen LogP contribution in [0.25, 0.3) is 27.6 Å². The summed E-state index contributed by atoms with van der Waals surface area (Å²) >= 11 is 1.39. The molecule has 39 heavy (non-hydrogen) atoms. The second-order valence-electron chi connectivity index (χ2n) is 8.49. The highest BCUT2D eigenvalue weighted by Crippen LogP contribution is 2.32. The lowest BCUT2D eigenvalue weighted by Gasteiger charge is -2.04. The van der Waals surface area contributed by atoms with Gasteiger partial charge in [0.05, 0.1) is 43.6 Å². The molecule has 0 bridgehead atoms. The normalized spacial score (nSPS) is 11.4. The van der Waals surface area contributed by atoms with Gasteiger partial charge in [-0.1, -0.05) is 72.0 Å². The Morgan fingerprint density at radius 2 is 1.59 bits per heavy atom. The Kier molecular flexibility index (Phi) is 6.93. The van der Waals surface area contributed by atoms with Gasteiger partial charge in [0.15, 0.2) is 0 Å². The monoisotopic (exact) mass is 539 g/mol. The molecule has 0 unspecified atom stereocenters. The summed E-state index contributed by atoms with van der Waals surface area (Å²) in [6.07, 6.45) is 0. The SMILES string of the molecule is C/C(=N/Nc1ccc([N+](=O)[O-])cc1[N+](=O)[O-])c1sc(-n2nc(-c3ccccc3)cc2-c2ccccc2)nc1C. The number of rotatable bonds is 8. The second kappa shape index (κ2) is 10.6. The number of benzene rings is 3. The van der Waals surface area contributed by atoms with E-state index in [1.165, 1.54) is 23.5 Å².